The van der Waals surface area contributed by atoms with Gasteiger partial charge < -0.3 is 4.90 Å². The topological polar surface area (TPSA) is 29.0 Å². The first kappa shape index (κ1) is 13.2. The van der Waals surface area contributed by atoms with E-state index >= 15 is 0 Å². The summed E-state index contributed by atoms with van der Waals surface area (Å²) in [6, 6.07) is 1.92. The number of aryl methyl sites for hydroxylation is 1. The molecular weight excluding hydrogens is 258 g/mol. The summed E-state index contributed by atoms with van der Waals surface area (Å²) in [5.41, 5.74) is 0.558. The number of hydrogen-bond donors (Lipinski definition) is 0. The number of rotatable bonds is 2. The summed E-state index contributed by atoms with van der Waals surface area (Å²) >= 11 is 6.11. The van der Waals surface area contributed by atoms with Crippen LogP contribution in [0.4, 0.5) is 5.82 Å². The van der Waals surface area contributed by atoms with Gasteiger partial charge in [-0.1, -0.05) is 37.8 Å². The Bertz CT molecular complexity index is 455. The fraction of sp³-hybridized carbons (Fsp3) is 0.733. The van der Waals surface area contributed by atoms with Crippen LogP contribution < -0.4 is 4.90 Å². The lowest BCUT2D eigenvalue weighted by molar-refractivity contribution is 0.219. The molecular formula is C15H22ClN3. The molecule has 2 heterocycles. The fourth-order valence-corrected chi connectivity index (χ4v) is 3.81. The molecule has 3 nitrogen and oxygen atoms in total. The van der Waals surface area contributed by atoms with Gasteiger partial charge in [0.2, 0.25) is 0 Å². The SMILES string of the molecule is CCc1nc(Cl)cc(N2CCC3(CCCCC3)C2)n1. The molecule has 104 valence electrons. The lowest BCUT2D eigenvalue weighted by Crippen LogP contribution is -2.29. The van der Waals surface area contributed by atoms with E-state index in [4.69, 9.17) is 11.6 Å². The first-order chi connectivity index (χ1) is 9.21. The summed E-state index contributed by atoms with van der Waals surface area (Å²) < 4.78 is 0. The predicted molar refractivity (Wildman–Crippen MR) is 78.8 cm³/mol. The van der Waals surface area contributed by atoms with Crippen molar-refractivity contribution >= 4 is 17.4 Å². The second kappa shape index (κ2) is 5.28. The average Bonchev–Trinajstić information content (AvgIpc) is 2.83. The summed E-state index contributed by atoms with van der Waals surface area (Å²) in [6.07, 6.45) is 9.16. The maximum Gasteiger partial charge on any atom is 0.134 e. The molecule has 19 heavy (non-hydrogen) atoms. The van der Waals surface area contributed by atoms with Gasteiger partial charge in [0.1, 0.15) is 16.8 Å². The number of hydrogen-bond acceptors (Lipinski definition) is 3. The van der Waals surface area contributed by atoms with Crippen LogP contribution in [0.2, 0.25) is 5.15 Å². The molecule has 0 atom stereocenters. The molecule has 0 unspecified atom stereocenters. The molecule has 2 aliphatic rings. The lowest BCUT2D eigenvalue weighted by atomic mass is 9.73. The molecule has 1 saturated carbocycles. The van der Waals surface area contributed by atoms with Crippen molar-refractivity contribution in [1.82, 2.24) is 9.97 Å². The van der Waals surface area contributed by atoms with Gasteiger partial charge in [0.15, 0.2) is 0 Å². The fourth-order valence-electron chi connectivity index (χ4n) is 3.61. The van der Waals surface area contributed by atoms with Crippen molar-refractivity contribution in [3.05, 3.63) is 17.0 Å². The molecule has 0 bridgehead atoms. The van der Waals surface area contributed by atoms with Crippen LogP contribution in [-0.2, 0) is 6.42 Å². The summed E-state index contributed by atoms with van der Waals surface area (Å²) in [7, 11) is 0. The molecule has 1 aliphatic carbocycles. The predicted octanol–water partition coefficient (Wildman–Crippen LogP) is 3.85. The smallest absolute Gasteiger partial charge is 0.134 e. The highest BCUT2D eigenvalue weighted by atomic mass is 35.5. The number of nitrogens with zero attached hydrogens (tertiary/aromatic N) is 3. The summed E-state index contributed by atoms with van der Waals surface area (Å²) in [5.74, 6) is 1.88. The third kappa shape index (κ3) is 2.71. The van der Waals surface area contributed by atoms with Crippen LogP contribution in [0.1, 0.15) is 51.3 Å². The van der Waals surface area contributed by atoms with Crippen molar-refractivity contribution in [2.45, 2.75) is 51.9 Å². The Morgan fingerprint density at radius 2 is 2.00 bits per heavy atom. The van der Waals surface area contributed by atoms with E-state index in [1.807, 2.05) is 6.07 Å². The first-order valence-electron chi connectivity index (χ1n) is 7.49. The van der Waals surface area contributed by atoms with Crippen molar-refractivity contribution in [2.24, 2.45) is 5.41 Å². The summed E-state index contributed by atoms with van der Waals surface area (Å²) in [4.78, 5) is 11.3. The molecule has 2 fully saturated rings. The van der Waals surface area contributed by atoms with E-state index < -0.39 is 0 Å². The van der Waals surface area contributed by atoms with E-state index in [9.17, 15) is 0 Å². The number of anilines is 1. The van der Waals surface area contributed by atoms with Crippen LogP contribution in [0.25, 0.3) is 0 Å². The van der Waals surface area contributed by atoms with E-state index in [1.54, 1.807) is 0 Å². The van der Waals surface area contributed by atoms with E-state index in [-0.39, 0.29) is 0 Å². The minimum absolute atomic E-state index is 0.558. The summed E-state index contributed by atoms with van der Waals surface area (Å²) in [5, 5.41) is 0.575. The standard InChI is InChI=1S/C15H22ClN3/c1-2-13-17-12(16)10-14(18-13)19-9-8-15(11-19)6-4-3-5-7-15/h10H,2-9,11H2,1H3. The van der Waals surface area contributed by atoms with Gasteiger partial charge in [0.25, 0.3) is 0 Å². The van der Waals surface area contributed by atoms with Gasteiger partial charge in [-0.05, 0) is 24.7 Å². The highest BCUT2D eigenvalue weighted by Gasteiger charge is 2.39. The molecule has 1 aromatic rings. The zero-order valence-electron chi connectivity index (χ0n) is 11.7. The van der Waals surface area contributed by atoms with Gasteiger partial charge in [-0.2, -0.15) is 0 Å². The Hall–Kier alpha value is -0.830. The molecule has 4 heteroatoms. The van der Waals surface area contributed by atoms with Crippen LogP contribution in [-0.4, -0.2) is 23.1 Å². The third-order valence-corrected chi connectivity index (χ3v) is 4.91. The maximum absolute atomic E-state index is 6.11. The van der Waals surface area contributed by atoms with E-state index in [1.165, 1.54) is 38.5 Å². The zero-order valence-corrected chi connectivity index (χ0v) is 12.4. The Kier molecular flexibility index (Phi) is 3.66. The molecule has 3 rings (SSSR count). The molecule has 1 aromatic heterocycles. The first-order valence-corrected chi connectivity index (χ1v) is 7.87. The van der Waals surface area contributed by atoms with Gasteiger partial charge in [-0.15, -0.1) is 0 Å². The van der Waals surface area contributed by atoms with E-state index in [0.717, 1.165) is 31.2 Å². The summed E-state index contributed by atoms with van der Waals surface area (Å²) in [6.45, 7) is 4.35. The molecule has 0 radical (unpaired) electrons. The van der Waals surface area contributed by atoms with Gasteiger partial charge in [0, 0.05) is 25.6 Å². The maximum atomic E-state index is 6.11. The Morgan fingerprint density at radius 3 is 2.74 bits per heavy atom. The second-order valence-electron chi connectivity index (χ2n) is 6.05. The minimum atomic E-state index is 0.558. The normalized spacial score (nSPS) is 22.1. The minimum Gasteiger partial charge on any atom is -0.356 e. The molecule has 1 saturated heterocycles. The zero-order chi connectivity index (χ0) is 13.3. The molecule has 1 aliphatic heterocycles. The second-order valence-corrected chi connectivity index (χ2v) is 6.44. The molecule has 0 aromatic carbocycles. The van der Waals surface area contributed by atoms with Crippen LogP contribution >= 0.6 is 11.6 Å². The van der Waals surface area contributed by atoms with Crippen molar-refractivity contribution in [3.63, 3.8) is 0 Å². The lowest BCUT2D eigenvalue weighted by Gasteiger charge is -2.33. The average molecular weight is 280 g/mol. The Morgan fingerprint density at radius 1 is 1.21 bits per heavy atom. The van der Waals surface area contributed by atoms with Crippen LogP contribution in [0.5, 0.6) is 0 Å². The largest absolute Gasteiger partial charge is 0.356 e. The van der Waals surface area contributed by atoms with E-state index in [2.05, 4.69) is 21.8 Å². The van der Waals surface area contributed by atoms with Gasteiger partial charge in [-0.3, -0.25) is 0 Å². The van der Waals surface area contributed by atoms with Gasteiger partial charge in [0.05, 0.1) is 0 Å². The van der Waals surface area contributed by atoms with Gasteiger partial charge >= 0.3 is 0 Å². The van der Waals surface area contributed by atoms with E-state index in [0.29, 0.717) is 10.6 Å². The third-order valence-electron chi connectivity index (χ3n) is 4.72. The van der Waals surface area contributed by atoms with Crippen molar-refractivity contribution in [3.8, 4) is 0 Å². The van der Waals surface area contributed by atoms with Gasteiger partial charge in [-0.25, -0.2) is 9.97 Å². The Balaban J connectivity index is 1.78. The van der Waals surface area contributed by atoms with Crippen molar-refractivity contribution < 1.29 is 0 Å². The quantitative estimate of drug-likeness (QED) is 0.770. The van der Waals surface area contributed by atoms with Crippen LogP contribution in [0.15, 0.2) is 6.07 Å². The Labute approximate surface area is 120 Å². The highest BCUT2D eigenvalue weighted by molar-refractivity contribution is 6.29. The highest BCUT2D eigenvalue weighted by Crippen LogP contribution is 2.44. The van der Waals surface area contributed by atoms with Crippen LogP contribution in [0, 0.1) is 5.41 Å². The number of aromatic nitrogens is 2. The van der Waals surface area contributed by atoms with Crippen molar-refractivity contribution in [2.75, 3.05) is 18.0 Å². The van der Waals surface area contributed by atoms with Crippen LogP contribution in [0.3, 0.4) is 0 Å². The molecule has 0 N–H and O–H groups in total. The molecule has 1 spiro atoms. The number of halogens is 1. The van der Waals surface area contributed by atoms with Crippen molar-refractivity contribution in [1.29, 1.82) is 0 Å². The monoisotopic (exact) mass is 279 g/mol. The molecule has 0 amide bonds.